The number of anilines is 1. The van der Waals surface area contributed by atoms with Crippen molar-refractivity contribution in [3.8, 4) is 5.75 Å². The Morgan fingerprint density at radius 1 is 0.881 bits per heavy atom. The summed E-state index contributed by atoms with van der Waals surface area (Å²) < 4.78 is 10.2. The van der Waals surface area contributed by atoms with Crippen LogP contribution in [0, 0.1) is 20.2 Å². The van der Waals surface area contributed by atoms with Crippen molar-refractivity contribution in [3.63, 3.8) is 0 Å². The zero-order chi connectivity index (χ0) is 30.1. The van der Waals surface area contributed by atoms with E-state index in [1.165, 1.54) is 79.1 Å². The van der Waals surface area contributed by atoms with Crippen LogP contribution in [0.4, 0.5) is 17.1 Å². The van der Waals surface area contributed by atoms with Gasteiger partial charge in [0.15, 0.2) is 5.76 Å². The second kappa shape index (κ2) is 13.1. The van der Waals surface area contributed by atoms with Crippen LogP contribution in [-0.4, -0.2) is 33.8 Å². The largest absolute Gasteiger partial charge is 0.459 e. The molecule has 0 fully saturated rings. The van der Waals surface area contributed by atoms with Gasteiger partial charge in [0.1, 0.15) is 0 Å². The van der Waals surface area contributed by atoms with Crippen molar-refractivity contribution < 1.29 is 33.4 Å². The van der Waals surface area contributed by atoms with Crippen LogP contribution in [0.25, 0.3) is 6.08 Å². The quantitative estimate of drug-likeness (QED) is 0.0677. The van der Waals surface area contributed by atoms with Crippen LogP contribution in [-0.2, 0) is 4.79 Å². The molecule has 2 amide bonds. The summed E-state index contributed by atoms with van der Waals surface area (Å²) in [7, 11) is 0. The molecule has 0 aliphatic rings. The summed E-state index contributed by atoms with van der Waals surface area (Å²) >= 11 is 0. The number of hydrogen-bond donors (Lipinski definition) is 2. The molecule has 0 bridgehead atoms. The number of carbonyl (C=O) groups is 3. The molecular formula is C28H19N5O9. The monoisotopic (exact) mass is 569 g/mol. The minimum Gasteiger partial charge on any atom is -0.459 e. The molecule has 14 heteroatoms. The number of furan rings is 1. The van der Waals surface area contributed by atoms with Crippen LogP contribution in [0.5, 0.6) is 5.75 Å². The van der Waals surface area contributed by atoms with E-state index in [4.69, 9.17) is 9.15 Å². The molecule has 2 N–H and O–H groups in total. The number of benzene rings is 3. The van der Waals surface area contributed by atoms with Gasteiger partial charge in [-0.25, -0.2) is 10.2 Å². The predicted octanol–water partition coefficient (Wildman–Crippen LogP) is 4.73. The number of hydrazone groups is 1. The topological polar surface area (TPSA) is 196 Å². The Morgan fingerprint density at radius 2 is 1.64 bits per heavy atom. The lowest BCUT2D eigenvalue weighted by Gasteiger charge is -2.07. The highest BCUT2D eigenvalue weighted by Gasteiger charge is 2.21. The molecule has 1 aromatic heterocycles. The first-order chi connectivity index (χ1) is 20.2. The molecule has 4 rings (SSSR count). The molecule has 4 aromatic rings. The van der Waals surface area contributed by atoms with Gasteiger partial charge in [-0.05, 0) is 54.1 Å². The summed E-state index contributed by atoms with van der Waals surface area (Å²) in [5, 5.41) is 28.9. The normalized spacial score (nSPS) is 10.9. The molecule has 0 saturated carbocycles. The van der Waals surface area contributed by atoms with E-state index < -0.39 is 39.1 Å². The highest BCUT2D eigenvalue weighted by Crippen LogP contribution is 2.30. The van der Waals surface area contributed by atoms with Crippen molar-refractivity contribution in [1.29, 1.82) is 0 Å². The number of rotatable bonds is 10. The zero-order valence-corrected chi connectivity index (χ0v) is 21.3. The number of nitrogens with zero attached hydrogens (tertiary/aromatic N) is 3. The summed E-state index contributed by atoms with van der Waals surface area (Å²) in [5.41, 5.74) is 2.51. The molecule has 0 spiro atoms. The van der Waals surface area contributed by atoms with Gasteiger partial charge in [0, 0.05) is 41.1 Å². The summed E-state index contributed by atoms with van der Waals surface area (Å²) in [6.07, 6.45) is 4.64. The second-order valence-electron chi connectivity index (χ2n) is 8.27. The van der Waals surface area contributed by atoms with Gasteiger partial charge in [-0.15, -0.1) is 0 Å². The van der Waals surface area contributed by atoms with E-state index in [2.05, 4.69) is 15.8 Å². The van der Waals surface area contributed by atoms with Gasteiger partial charge in [0.05, 0.1) is 22.3 Å². The van der Waals surface area contributed by atoms with Crippen molar-refractivity contribution in [2.45, 2.75) is 0 Å². The van der Waals surface area contributed by atoms with Crippen LogP contribution < -0.4 is 15.5 Å². The molecule has 0 radical (unpaired) electrons. The van der Waals surface area contributed by atoms with Gasteiger partial charge < -0.3 is 14.5 Å². The number of carbonyl (C=O) groups excluding carboxylic acids is 3. The SMILES string of the molecule is O=C(/C=C/c1cccc([N+](=O)[O-])c1)Oc1c(/C=N/NC(=O)c2ccc(NC(=O)c3ccco3)cc2)cccc1[N+](=O)[O-]. The number of para-hydroxylation sites is 1. The lowest BCUT2D eigenvalue weighted by molar-refractivity contribution is -0.385. The average Bonchev–Trinajstić information content (AvgIpc) is 3.53. The third-order valence-electron chi connectivity index (χ3n) is 5.44. The number of esters is 1. The van der Waals surface area contributed by atoms with E-state index in [1.54, 1.807) is 6.07 Å². The van der Waals surface area contributed by atoms with Crippen LogP contribution in [0.2, 0.25) is 0 Å². The smallest absolute Gasteiger partial charge is 0.336 e. The maximum atomic E-state index is 12.5. The number of non-ortho nitro benzene ring substituents is 1. The number of nitro groups is 2. The van der Waals surface area contributed by atoms with Crippen molar-refractivity contribution in [2.24, 2.45) is 5.10 Å². The van der Waals surface area contributed by atoms with E-state index in [1.807, 2.05) is 0 Å². The number of nitrogens with one attached hydrogen (secondary N) is 2. The fourth-order valence-electron chi connectivity index (χ4n) is 3.47. The van der Waals surface area contributed by atoms with E-state index in [0.717, 1.165) is 18.4 Å². The molecule has 3 aromatic carbocycles. The molecular weight excluding hydrogens is 550 g/mol. The van der Waals surface area contributed by atoms with E-state index in [0.29, 0.717) is 11.3 Å². The Morgan fingerprint density at radius 3 is 2.33 bits per heavy atom. The van der Waals surface area contributed by atoms with Gasteiger partial charge in [0.2, 0.25) is 5.75 Å². The molecule has 14 nitrogen and oxygen atoms in total. The molecule has 0 unspecified atom stereocenters. The summed E-state index contributed by atoms with van der Waals surface area (Å²) in [6, 6.07) is 18.3. The third-order valence-corrected chi connectivity index (χ3v) is 5.44. The van der Waals surface area contributed by atoms with E-state index in [-0.39, 0.29) is 22.6 Å². The molecule has 0 aliphatic heterocycles. The van der Waals surface area contributed by atoms with Crippen LogP contribution in [0.1, 0.15) is 32.0 Å². The third kappa shape index (κ3) is 7.35. The zero-order valence-electron chi connectivity index (χ0n) is 21.3. The minimum absolute atomic E-state index is 0.0117. The predicted molar refractivity (Wildman–Crippen MR) is 149 cm³/mol. The first-order valence-corrected chi connectivity index (χ1v) is 11.9. The van der Waals surface area contributed by atoms with Gasteiger partial charge in [0.25, 0.3) is 17.5 Å². The lowest BCUT2D eigenvalue weighted by atomic mass is 10.2. The molecule has 0 atom stereocenters. The first kappa shape index (κ1) is 28.6. The van der Waals surface area contributed by atoms with Gasteiger partial charge in [-0.3, -0.25) is 29.8 Å². The van der Waals surface area contributed by atoms with Crippen molar-refractivity contribution in [1.82, 2.24) is 5.43 Å². The Labute approximate surface area is 236 Å². The average molecular weight is 569 g/mol. The molecule has 210 valence electrons. The fraction of sp³-hybridized carbons (Fsp3) is 0. The Balaban J connectivity index is 1.43. The summed E-state index contributed by atoms with van der Waals surface area (Å²) in [6.45, 7) is 0. The molecule has 42 heavy (non-hydrogen) atoms. The van der Waals surface area contributed by atoms with Gasteiger partial charge in [-0.2, -0.15) is 5.10 Å². The Bertz CT molecular complexity index is 1710. The van der Waals surface area contributed by atoms with Gasteiger partial charge in [-0.1, -0.05) is 18.2 Å². The Kier molecular flexibility index (Phi) is 8.89. The van der Waals surface area contributed by atoms with Crippen LogP contribution >= 0.6 is 0 Å². The van der Waals surface area contributed by atoms with Crippen molar-refractivity contribution in [2.75, 3.05) is 5.32 Å². The van der Waals surface area contributed by atoms with Crippen molar-refractivity contribution >= 4 is 47.1 Å². The molecule has 0 aliphatic carbocycles. The van der Waals surface area contributed by atoms with Crippen LogP contribution in [0.3, 0.4) is 0 Å². The van der Waals surface area contributed by atoms with E-state index >= 15 is 0 Å². The van der Waals surface area contributed by atoms with Gasteiger partial charge >= 0.3 is 11.7 Å². The number of nitro benzene ring substituents is 2. The lowest BCUT2D eigenvalue weighted by Crippen LogP contribution is -2.18. The van der Waals surface area contributed by atoms with E-state index in [9.17, 15) is 34.6 Å². The van der Waals surface area contributed by atoms with Crippen molar-refractivity contribution in [3.05, 3.63) is 134 Å². The highest BCUT2D eigenvalue weighted by molar-refractivity contribution is 6.02. The number of hydrogen-bond acceptors (Lipinski definition) is 10. The summed E-state index contributed by atoms with van der Waals surface area (Å²) in [4.78, 5) is 58.2. The maximum Gasteiger partial charge on any atom is 0.336 e. The number of amides is 2. The number of ether oxygens (including phenoxy) is 1. The fourth-order valence-corrected chi connectivity index (χ4v) is 3.47. The molecule has 1 heterocycles. The standard InChI is InChI=1S/C28H19N5O9/c34-25(14-9-18-4-1-6-22(16-18)32(37)38)42-26-20(5-2-7-23(26)33(39)40)17-29-31-27(35)19-10-12-21(13-11-19)30-28(36)24-8-3-15-41-24/h1-17H,(H,30,36)(H,31,35)/b14-9+,29-17+. The maximum absolute atomic E-state index is 12.5. The second-order valence-corrected chi connectivity index (χ2v) is 8.27. The first-order valence-electron chi connectivity index (χ1n) is 11.9. The minimum atomic E-state index is -0.992. The summed E-state index contributed by atoms with van der Waals surface area (Å²) in [5.74, 6) is -2.38. The molecule has 0 saturated heterocycles. The highest BCUT2D eigenvalue weighted by atomic mass is 16.6. The van der Waals surface area contributed by atoms with Crippen LogP contribution in [0.15, 0.2) is 101 Å². The Hall–Kier alpha value is -6.44.